The van der Waals surface area contributed by atoms with E-state index < -0.39 is 0 Å². The van der Waals surface area contributed by atoms with Crippen molar-refractivity contribution in [3.05, 3.63) is 0 Å². The molecule has 2 nitrogen and oxygen atoms in total. The molecule has 0 unspecified atom stereocenters. The van der Waals surface area contributed by atoms with Crippen molar-refractivity contribution in [3.8, 4) is 0 Å². The summed E-state index contributed by atoms with van der Waals surface area (Å²) in [7, 11) is 0. The van der Waals surface area contributed by atoms with Crippen molar-refractivity contribution in [2.24, 2.45) is 11.8 Å². The van der Waals surface area contributed by atoms with Crippen molar-refractivity contribution in [1.29, 1.82) is 0 Å². The van der Waals surface area contributed by atoms with Gasteiger partial charge in [0.05, 0.1) is 0 Å². The van der Waals surface area contributed by atoms with Gasteiger partial charge < -0.3 is 4.90 Å². The summed E-state index contributed by atoms with van der Waals surface area (Å²) in [4.78, 5) is 14.9. The van der Waals surface area contributed by atoms with Gasteiger partial charge in [0, 0.05) is 23.8 Å². The number of carbonyl (C=O) groups is 1. The maximum Gasteiger partial charge on any atom is 0.225 e. The van der Waals surface area contributed by atoms with Gasteiger partial charge in [-0.3, -0.25) is 4.79 Å². The number of unbranched alkanes of at least 4 members (excludes halogenated alkanes) is 1. The van der Waals surface area contributed by atoms with Crippen LogP contribution in [0.5, 0.6) is 0 Å². The van der Waals surface area contributed by atoms with Crippen molar-refractivity contribution in [3.63, 3.8) is 0 Å². The molecule has 0 heterocycles. The van der Waals surface area contributed by atoms with Gasteiger partial charge in [-0.25, -0.2) is 0 Å². The summed E-state index contributed by atoms with van der Waals surface area (Å²) in [6, 6.07) is 0.554. The zero-order chi connectivity index (χ0) is 14.4. The first-order chi connectivity index (χ1) is 9.76. The molecule has 2 rings (SSSR count). The first-order valence-electron chi connectivity index (χ1n) is 8.62. The molecule has 2 aliphatic carbocycles. The molecule has 0 aromatic heterocycles. The summed E-state index contributed by atoms with van der Waals surface area (Å²) in [5.74, 6) is 1.68. The smallest absolute Gasteiger partial charge is 0.225 e. The molecule has 0 N–H and O–H groups in total. The molecule has 20 heavy (non-hydrogen) atoms. The fraction of sp³-hybridized carbons (Fsp3) is 0.941. The van der Waals surface area contributed by atoms with Crippen LogP contribution in [0.2, 0.25) is 0 Å². The Balaban J connectivity index is 1.80. The predicted octanol–water partition coefficient (Wildman–Crippen LogP) is 4.76. The van der Waals surface area contributed by atoms with Gasteiger partial charge in [-0.15, -0.1) is 0 Å². The minimum Gasteiger partial charge on any atom is -0.339 e. The first-order valence-corrected chi connectivity index (χ1v) is 9.74. The molecule has 2 saturated carbocycles. The molecular formula is C17H30BrNO. The third-order valence-electron chi connectivity index (χ3n) is 5.29. The van der Waals surface area contributed by atoms with Crippen molar-refractivity contribution in [2.45, 2.75) is 77.2 Å². The second-order valence-electron chi connectivity index (χ2n) is 6.67. The summed E-state index contributed by atoms with van der Waals surface area (Å²) in [5.41, 5.74) is 0. The molecule has 0 aliphatic heterocycles. The SMILES string of the molecule is CCCCC1CCC(C(=O)N(CCBr)C2CCC2)CC1. The second-order valence-corrected chi connectivity index (χ2v) is 7.46. The van der Waals surface area contributed by atoms with Crippen LogP contribution in [0.1, 0.15) is 71.1 Å². The van der Waals surface area contributed by atoms with E-state index in [4.69, 9.17) is 0 Å². The third-order valence-corrected chi connectivity index (χ3v) is 5.64. The third kappa shape index (κ3) is 4.22. The van der Waals surface area contributed by atoms with E-state index >= 15 is 0 Å². The number of halogens is 1. The van der Waals surface area contributed by atoms with E-state index in [-0.39, 0.29) is 0 Å². The molecular weight excluding hydrogens is 314 g/mol. The lowest BCUT2D eigenvalue weighted by molar-refractivity contribution is -0.140. The molecule has 1 amide bonds. The Bertz CT molecular complexity index is 295. The minimum absolute atomic E-state index is 0.326. The summed E-state index contributed by atoms with van der Waals surface area (Å²) >= 11 is 3.51. The average molecular weight is 344 g/mol. The van der Waals surface area contributed by atoms with Gasteiger partial charge in [-0.1, -0.05) is 42.1 Å². The lowest BCUT2D eigenvalue weighted by atomic mass is 9.78. The van der Waals surface area contributed by atoms with Crippen LogP contribution in [0, 0.1) is 11.8 Å². The highest BCUT2D eigenvalue weighted by Gasteiger charge is 2.34. The second kappa shape index (κ2) is 8.41. The molecule has 2 aliphatic rings. The van der Waals surface area contributed by atoms with E-state index in [0.717, 1.165) is 30.6 Å². The molecule has 0 aromatic rings. The summed E-state index contributed by atoms with van der Waals surface area (Å²) in [5, 5.41) is 0.918. The normalized spacial score (nSPS) is 27.1. The van der Waals surface area contributed by atoms with Gasteiger partial charge in [-0.2, -0.15) is 0 Å². The monoisotopic (exact) mass is 343 g/mol. The Morgan fingerprint density at radius 1 is 1.15 bits per heavy atom. The largest absolute Gasteiger partial charge is 0.339 e. The number of hydrogen-bond acceptors (Lipinski definition) is 1. The Hall–Kier alpha value is -0.0500. The first kappa shape index (κ1) is 16.3. The summed E-state index contributed by atoms with van der Waals surface area (Å²) in [6.45, 7) is 3.17. The molecule has 0 bridgehead atoms. The van der Waals surface area contributed by atoms with E-state index in [1.807, 2.05) is 0 Å². The zero-order valence-corrected chi connectivity index (χ0v) is 14.5. The number of alkyl halides is 1. The topological polar surface area (TPSA) is 20.3 Å². The van der Waals surface area contributed by atoms with E-state index in [1.165, 1.54) is 51.4 Å². The van der Waals surface area contributed by atoms with Crippen LogP contribution < -0.4 is 0 Å². The number of carbonyl (C=O) groups excluding carboxylic acids is 1. The van der Waals surface area contributed by atoms with Crippen LogP contribution in [0.25, 0.3) is 0 Å². The number of amides is 1. The number of rotatable bonds is 7. The lowest BCUT2D eigenvalue weighted by Crippen LogP contribution is -2.48. The van der Waals surface area contributed by atoms with Crippen molar-refractivity contribution >= 4 is 21.8 Å². The van der Waals surface area contributed by atoms with Gasteiger partial charge in [-0.05, 0) is 50.9 Å². The molecule has 0 saturated heterocycles. The quantitative estimate of drug-likeness (QED) is 0.610. The molecule has 0 radical (unpaired) electrons. The Morgan fingerprint density at radius 3 is 2.35 bits per heavy atom. The Morgan fingerprint density at radius 2 is 1.85 bits per heavy atom. The Kier molecular flexibility index (Phi) is 6.86. The maximum absolute atomic E-state index is 12.7. The van der Waals surface area contributed by atoms with Crippen molar-refractivity contribution in [1.82, 2.24) is 4.90 Å². The maximum atomic E-state index is 12.7. The summed E-state index contributed by atoms with van der Waals surface area (Å²) in [6.07, 6.45) is 12.6. The van der Waals surface area contributed by atoms with Gasteiger partial charge in [0.1, 0.15) is 0 Å². The van der Waals surface area contributed by atoms with Crippen LogP contribution in [0.4, 0.5) is 0 Å². The predicted molar refractivity (Wildman–Crippen MR) is 88.1 cm³/mol. The molecule has 0 atom stereocenters. The summed E-state index contributed by atoms with van der Waals surface area (Å²) < 4.78 is 0. The van der Waals surface area contributed by atoms with Crippen LogP contribution in [0.3, 0.4) is 0 Å². The van der Waals surface area contributed by atoms with Gasteiger partial charge in [0.15, 0.2) is 0 Å². The van der Waals surface area contributed by atoms with Gasteiger partial charge >= 0.3 is 0 Å². The van der Waals surface area contributed by atoms with Crippen molar-refractivity contribution < 1.29 is 4.79 Å². The average Bonchev–Trinajstić information content (AvgIpc) is 2.42. The van der Waals surface area contributed by atoms with E-state index in [0.29, 0.717) is 17.9 Å². The minimum atomic E-state index is 0.326. The zero-order valence-electron chi connectivity index (χ0n) is 13.0. The highest BCUT2D eigenvalue weighted by atomic mass is 79.9. The fourth-order valence-electron chi connectivity index (χ4n) is 3.69. The highest BCUT2D eigenvalue weighted by Crippen LogP contribution is 2.34. The fourth-order valence-corrected chi connectivity index (χ4v) is 4.07. The van der Waals surface area contributed by atoms with E-state index in [9.17, 15) is 4.79 Å². The van der Waals surface area contributed by atoms with E-state index in [2.05, 4.69) is 27.8 Å². The van der Waals surface area contributed by atoms with Crippen LogP contribution >= 0.6 is 15.9 Å². The highest BCUT2D eigenvalue weighted by molar-refractivity contribution is 9.09. The van der Waals surface area contributed by atoms with Crippen LogP contribution in [-0.4, -0.2) is 28.7 Å². The number of nitrogens with zero attached hydrogens (tertiary/aromatic N) is 1. The van der Waals surface area contributed by atoms with Crippen LogP contribution in [-0.2, 0) is 4.79 Å². The van der Waals surface area contributed by atoms with E-state index in [1.54, 1.807) is 0 Å². The van der Waals surface area contributed by atoms with Gasteiger partial charge in [0.2, 0.25) is 5.91 Å². The molecule has 0 spiro atoms. The van der Waals surface area contributed by atoms with Crippen LogP contribution in [0.15, 0.2) is 0 Å². The molecule has 0 aromatic carbocycles. The van der Waals surface area contributed by atoms with Gasteiger partial charge in [0.25, 0.3) is 0 Å². The van der Waals surface area contributed by atoms with Crippen molar-refractivity contribution in [2.75, 3.05) is 11.9 Å². The standard InChI is InChI=1S/C17H30BrNO/c1-2-3-5-14-8-10-15(11-9-14)17(20)19(13-12-18)16-6-4-7-16/h14-16H,2-13H2,1H3. The number of hydrogen-bond donors (Lipinski definition) is 0. The molecule has 3 heteroatoms. The Labute approximate surface area is 132 Å². The molecule has 2 fully saturated rings. The lowest BCUT2D eigenvalue weighted by Gasteiger charge is -2.40. The molecule has 116 valence electrons.